The van der Waals surface area contributed by atoms with Crippen LogP contribution in [0.1, 0.15) is 10.4 Å². The minimum atomic E-state index is -0.411. The fraction of sp³-hybridized carbons (Fsp3) is 0.0714. The molecule has 0 unspecified atom stereocenters. The molecule has 2 aromatic rings. The molecule has 0 aliphatic heterocycles. The van der Waals surface area contributed by atoms with E-state index in [1.807, 2.05) is 6.07 Å². The van der Waals surface area contributed by atoms with Crippen molar-refractivity contribution in [3.63, 3.8) is 0 Å². The van der Waals surface area contributed by atoms with Gasteiger partial charge >= 0.3 is 5.97 Å². The molecule has 0 saturated heterocycles. The van der Waals surface area contributed by atoms with Crippen molar-refractivity contribution in [2.75, 3.05) is 7.11 Å². The number of carbonyl (C=O) groups excluding carboxylic acids is 1. The summed E-state index contributed by atoms with van der Waals surface area (Å²) in [6.07, 6.45) is 0. The van der Waals surface area contributed by atoms with Gasteiger partial charge in [-0.3, -0.25) is 0 Å². The van der Waals surface area contributed by atoms with Gasteiger partial charge in [-0.25, -0.2) is 9.18 Å². The van der Waals surface area contributed by atoms with Crippen molar-refractivity contribution in [2.24, 2.45) is 0 Å². The highest BCUT2D eigenvalue weighted by Gasteiger charge is 2.13. The van der Waals surface area contributed by atoms with Gasteiger partial charge in [-0.2, -0.15) is 0 Å². The first-order valence-corrected chi connectivity index (χ1v) is 6.05. The van der Waals surface area contributed by atoms with Crippen molar-refractivity contribution >= 4 is 21.9 Å². The van der Waals surface area contributed by atoms with Gasteiger partial charge in [0.05, 0.1) is 17.1 Å². The van der Waals surface area contributed by atoms with E-state index in [2.05, 4.69) is 15.9 Å². The van der Waals surface area contributed by atoms with Gasteiger partial charge in [0, 0.05) is 0 Å². The molecule has 0 aliphatic carbocycles. The van der Waals surface area contributed by atoms with Crippen LogP contribution in [0.25, 0.3) is 11.1 Å². The van der Waals surface area contributed by atoms with E-state index in [1.165, 1.54) is 13.2 Å². The standard InChI is InChI=1S/C14H10BrFO2/c1-18-14(17)11-5-3-2-4-10(11)9-6-7-13(16)12(15)8-9/h2-8H,1H3. The van der Waals surface area contributed by atoms with Crippen molar-refractivity contribution in [2.45, 2.75) is 0 Å². The summed E-state index contributed by atoms with van der Waals surface area (Å²) in [5, 5.41) is 0. The molecule has 0 fully saturated rings. The lowest BCUT2D eigenvalue weighted by atomic mass is 10.00. The summed E-state index contributed by atoms with van der Waals surface area (Å²) in [7, 11) is 1.33. The molecule has 0 radical (unpaired) electrons. The number of methoxy groups -OCH3 is 1. The normalized spacial score (nSPS) is 10.2. The lowest BCUT2D eigenvalue weighted by Crippen LogP contribution is -2.03. The predicted octanol–water partition coefficient (Wildman–Crippen LogP) is 4.04. The summed E-state index contributed by atoms with van der Waals surface area (Å²) >= 11 is 3.13. The topological polar surface area (TPSA) is 26.3 Å². The van der Waals surface area contributed by atoms with Crippen molar-refractivity contribution in [1.29, 1.82) is 0 Å². The van der Waals surface area contributed by atoms with E-state index in [4.69, 9.17) is 4.74 Å². The Kier molecular flexibility index (Phi) is 3.77. The quantitative estimate of drug-likeness (QED) is 0.783. The summed E-state index contributed by atoms with van der Waals surface area (Å²) in [4.78, 5) is 11.7. The summed E-state index contributed by atoms with van der Waals surface area (Å²) in [5.41, 5.74) is 1.92. The SMILES string of the molecule is COC(=O)c1ccccc1-c1ccc(F)c(Br)c1. The number of esters is 1. The maximum Gasteiger partial charge on any atom is 0.338 e. The van der Waals surface area contributed by atoms with Crippen LogP contribution in [0.3, 0.4) is 0 Å². The third-order valence-corrected chi connectivity index (χ3v) is 3.17. The average Bonchev–Trinajstić information content (AvgIpc) is 2.41. The Morgan fingerprint density at radius 1 is 1.22 bits per heavy atom. The van der Waals surface area contributed by atoms with Gasteiger partial charge in [-0.15, -0.1) is 0 Å². The van der Waals surface area contributed by atoms with E-state index in [1.54, 1.807) is 30.3 Å². The van der Waals surface area contributed by atoms with Crippen LogP contribution in [0, 0.1) is 5.82 Å². The third kappa shape index (κ3) is 2.43. The third-order valence-electron chi connectivity index (χ3n) is 2.56. The maximum absolute atomic E-state index is 13.2. The number of hydrogen-bond acceptors (Lipinski definition) is 2. The first-order valence-electron chi connectivity index (χ1n) is 5.26. The minimum Gasteiger partial charge on any atom is -0.465 e. The largest absolute Gasteiger partial charge is 0.465 e. The Morgan fingerprint density at radius 2 is 1.94 bits per heavy atom. The summed E-state index contributed by atoms with van der Waals surface area (Å²) in [5.74, 6) is -0.750. The number of carbonyl (C=O) groups is 1. The number of hydrogen-bond donors (Lipinski definition) is 0. The minimum absolute atomic E-state index is 0.339. The molecule has 4 heteroatoms. The zero-order valence-corrected chi connectivity index (χ0v) is 11.2. The molecular formula is C14H10BrFO2. The van der Waals surface area contributed by atoms with E-state index in [9.17, 15) is 9.18 Å². The lowest BCUT2D eigenvalue weighted by Gasteiger charge is -2.08. The molecule has 0 spiro atoms. The molecule has 0 aliphatic rings. The molecule has 0 aromatic heterocycles. The molecule has 0 amide bonds. The van der Waals surface area contributed by atoms with Gasteiger partial charge in [0.2, 0.25) is 0 Å². The fourth-order valence-electron chi connectivity index (χ4n) is 1.69. The van der Waals surface area contributed by atoms with Gasteiger partial charge in [-0.1, -0.05) is 24.3 Å². The van der Waals surface area contributed by atoms with E-state index in [0.29, 0.717) is 15.6 Å². The van der Waals surface area contributed by atoms with E-state index in [-0.39, 0.29) is 5.82 Å². The monoisotopic (exact) mass is 308 g/mol. The highest BCUT2D eigenvalue weighted by molar-refractivity contribution is 9.10. The van der Waals surface area contributed by atoms with Crippen molar-refractivity contribution in [3.05, 3.63) is 58.3 Å². The molecule has 92 valence electrons. The Hall–Kier alpha value is -1.68. The molecule has 0 heterocycles. The van der Waals surface area contributed by atoms with Gasteiger partial charge in [0.25, 0.3) is 0 Å². The number of benzene rings is 2. The van der Waals surface area contributed by atoms with Gasteiger partial charge in [0.1, 0.15) is 5.82 Å². The maximum atomic E-state index is 13.2. The molecule has 0 saturated carbocycles. The van der Waals surface area contributed by atoms with Crippen LogP contribution in [0.5, 0.6) is 0 Å². The van der Waals surface area contributed by atoms with Crippen molar-refractivity contribution in [3.8, 4) is 11.1 Å². The highest BCUT2D eigenvalue weighted by atomic mass is 79.9. The van der Waals surface area contributed by atoms with Crippen molar-refractivity contribution < 1.29 is 13.9 Å². The summed E-state index contributed by atoms with van der Waals surface area (Å²) in [6, 6.07) is 11.7. The van der Waals surface area contributed by atoms with E-state index < -0.39 is 5.97 Å². The van der Waals surface area contributed by atoms with Gasteiger partial charge in [-0.05, 0) is 45.3 Å². The Bertz CT molecular complexity index is 596. The fourth-order valence-corrected chi connectivity index (χ4v) is 2.07. The van der Waals surface area contributed by atoms with Crippen molar-refractivity contribution in [1.82, 2.24) is 0 Å². The number of ether oxygens (including phenoxy) is 1. The first-order chi connectivity index (χ1) is 8.63. The Balaban J connectivity index is 2.56. The molecule has 0 N–H and O–H groups in total. The second kappa shape index (κ2) is 5.31. The molecular weight excluding hydrogens is 299 g/mol. The average molecular weight is 309 g/mol. The zero-order valence-electron chi connectivity index (χ0n) is 9.61. The first kappa shape index (κ1) is 12.8. The molecule has 2 rings (SSSR count). The van der Waals surface area contributed by atoms with Crippen LogP contribution >= 0.6 is 15.9 Å². The summed E-state index contributed by atoms with van der Waals surface area (Å²) < 4.78 is 18.3. The van der Waals surface area contributed by atoms with Crippen LogP contribution in [0.4, 0.5) is 4.39 Å². The number of halogens is 2. The van der Waals surface area contributed by atoms with Crippen LogP contribution in [-0.2, 0) is 4.74 Å². The molecule has 2 aromatic carbocycles. The Morgan fingerprint density at radius 3 is 2.61 bits per heavy atom. The summed E-state index contributed by atoms with van der Waals surface area (Å²) in [6.45, 7) is 0. The lowest BCUT2D eigenvalue weighted by molar-refractivity contribution is 0.0601. The molecule has 18 heavy (non-hydrogen) atoms. The molecule has 0 atom stereocenters. The molecule has 2 nitrogen and oxygen atoms in total. The Labute approximate surface area is 113 Å². The highest BCUT2D eigenvalue weighted by Crippen LogP contribution is 2.28. The zero-order chi connectivity index (χ0) is 13.1. The van der Waals surface area contributed by atoms with Gasteiger partial charge < -0.3 is 4.74 Å². The molecule has 0 bridgehead atoms. The van der Waals surface area contributed by atoms with E-state index >= 15 is 0 Å². The predicted molar refractivity (Wildman–Crippen MR) is 70.9 cm³/mol. The van der Waals surface area contributed by atoms with Crippen LogP contribution in [0.2, 0.25) is 0 Å². The number of rotatable bonds is 2. The van der Waals surface area contributed by atoms with Gasteiger partial charge in [0.15, 0.2) is 0 Å². The van der Waals surface area contributed by atoms with Crippen LogP contribution in [0.15, 0.2) is 46.9 Å². The second-order valence-corrected chi connectivity index (χ2v) is 4.52. The van der Waals surface area contributed by atoms with E-state index in [0.717, 1.165) is 5.56 Å². The second-order valence-electron chi connectivity index (χ2n) is 3.67. The smallest absolute Gasteiger partial charge is 0.338 e. The van der Waals surface area contributed by atoms with Crippen LogP contribution < -0.4 is 0 Å². The van der Waals surface area contributed by atoms with Crippen LogP contribution in [-0.4, -0.2) is 13.1 Å².